The molecule has 38 heavy (non-hydrogen) atoms. The Bertz CT molecular complexity index is 1280. The molecule has 7 nitrogen and oxygen atoms in total. The maximum Gasteiger partial charge on any atom is 0.295 e. The zero-order valence-corrected chi connectivity index (χ0v) is 21.9. The monoisotopic (exact) mass is 515 g/mol. The number of ketones is 1. The van der Waals surface area contributed by atoms with Gasteiger partial charge in [0.1, 0.15) is 23.9 Å². The van der Waals surface area contributed by atoms with Gasteiger partial charge in [0, 0.05) is 19.2 Å². The summed E-state index contributed by atoms with van der Waals surface area (Å²) in [6, 6.07) is 23.1. The summed E-state index contributed by atoms with van der Waals surface area (Å²) < 4.78 is 16.9. The normalized spacial score (nSPS) is 16.7. The molecule has 0 aliphatic carbocycles. The predicted molar refractivity (Wildman–Crippen MR) is 145 cm³/mol. The summed E-state index contributed by atoms with van der Waals surface area (Å²) in [5.74, 6) is -0.0238. The maximum atomic E-state index is 13.2. The number of benzene rings is 3. The maximum absolute atomic E-state index is 13.2. The standard InChI is InChI=1S/C31H33NO6/c1-21(2)19-37-25-14-12-23(13-15-25)29(33)27-28(32(16-17-36-3)31(35)30(27)34)24-10-7-11-26(18-24)38-20-22-8-5-4-6-9-22/h4-15,18,21,28,33H,16-17,19-20H2,1-3H3/b29-27-. The van der Waals surface area contributed by atoms with E-state index in [9.17, 15) is 14.7 Å². The van der Waals surface area contributed by atoms with Crippen LogP contribution in [0.4, 0.5) is 0 Å². The number of ether oxygens (including phenoxy) is 3. The van der Waals surface area contributed by atoms with Gasteiger partial charge < -0.3 is 24.2 Å². The van der Waals surface area contributed by atoms with Gasteiger partial charge in [-0.3, -0.25) is 9.59 Å². The summed E-state index contributed by atoms with van der Waals surface area (Å²) >= 11 is 0. The van der Waals surface area contributed by atoms with E-state index in [1.807, 2.05) is 48.5 Å². The van der Waals surface area contributed by atoms with Gasteiger partial charge in [-0.1, -0.05) is 56.3 Å². The minimum absolute atomic E-state index is 0.0298. The average molecular weight is 516 g/mol. The van der Waals surface area contributed by atoms with Gasteiger partial charge in [-0.2, -0.15) is 0 Å². The van der Waals surface area contributed by atoms with E-state index in [0.717, 1.165) is 5.56 Å². The summed E-state index contributed by atoms with van der Waals surface area (Å²) in [6.45, 7) is 5.50. The Labute approximate surface area is 223 Å². The van der Waals surface area contributed by atoms with E-state index in [1.54, 1.807) is 30.3 Å². The number of aliphatic hydroxyl groups excluding tert-OH is 1. The molecular weight excluding hydrogens is 482 g/mol. The number of amides is 1. The van der Waals surface area contributed by atoms with E-state index in [2.05, 4.69) is 13.8 Å². The minimum Gasteiger partial charge on any atom is -0.507 e. The number of carbonyl (C=O) groups is 2. The SMILES string of the molecule is COCCN1C(=O)C(=O)/C(=C(\O)c2ccc(OCC(C)C)cc2)C1c1cccc(OCc2ccccc2)c1. The summed E-state index contributed by atoms with van der Waals surface area (Å²) in [5.41, 5.74) is 2.13. The third-order valence-electron chi connectivity index (χ3n) is 6.21. The molecule has 0 radical (unpaired) electrons. The van der Waals surface area contributed by atoms with E-state index in [1.165, 1.54) is 12.0 Å². The molecule has 1 fully saturated rings. The molecule has 1 atom stereocenters. The van der Waals surface area contributed by atoms with E-state index in [0.29, 0.717) is 41.8 Å². The van der Waals surface area contributed by atoms with Crippen LogP contribution >= 0.6 is 0 Å². The lowest BCUT2D eigenvalue weighted by atomic mass is 9.95. The molecule has 1 aliphatic heterocycles. The highest BCUT2D eigenvalue weighted by Crippen LogP contribution is 2.40. The van der Waals surface area contributed by atoms with Gasteiger partial charge in [0.25, 0.3) is 11.7 Å². The van der Waals surface area contributed by atoms with Crippen LogP contribution in [0.2, 0.25) is 0 Å². The fourth-order valence-electron chi connectivity index (χ4n) is 4.29. The third-order valence-corrected chi connectivity index (χ3v) is 6.21. The summed E-state index contributed by atoms with van der Waals surface area (Å²) in [7, 11) is 1.53. The van der Waals surface area contributed by atoms with E-state index >= 15 is 0 Å². The van der Waals surface area contributed by atoms with Crippen LogP contribution < -0.4 is 9.47 Å². The van der Waals surface area contributed by atoms with Crippen LogP contribution in [0.25, 0.3) is 5.76 Å². The highest BCUT2D eigenvalue weighted by atomic mass is 16.5. The number of aliphatic hydroxyl groups is 1. The molecule has 198 valence electrons. The minimum atomic E-state index is -0.790. The molecule has 1 amide bonds. The molecule has 3 aromatic carbocycles. The number of carbonyl (C=O) groups excluding carboxylic acids is 2. The van der Waals surface area contributed by atoms with E-state index < -0.39 is 17.7 Å². The Morgan fingerprint density at radius 3 is 2.34 bits per heavy atom. The van der Waals surface area contributed by atoms with Crippen LogP contribution in [0, 0.1) is 5.92 Å². The van der Waals surface area contributed by atoms with Crippen LogP contribution in [-0.4, -0.2) is 48.6 Å². The van der Waals surface area contributed by atoms with Crippen LogP contribution in [0.15, 0.2) is 84.4 Å². The lowest BCUT2D eigenvalue weighted by Crippen LogP contribution is -2.32. The molecule has 0 bridgehead atoms. The molecule has 0 spiro atoms. The number of methoxy groups -OCH3 is 1. The van der Waals surface area contributed by atoms with Gasteiger partial charge in [0.05, 0.1) is 24.8 Å². The third kappa shape index (κ3) is 6.23. The Kier molecular flexibility index (Phi) is 8.81. The van der Waals surface area contributed by atoms with Crippen LogP contribution in [-0.2, 0) is 20.9 Å². The second-order valence-corrected chi connectivity index (χ2v) is 9.56. The number of nitrogens with zero attached hydrogens (tertiary/aromatic N) is 1. The molecule has 3 aromatic rings. The van der Waals surface area contributed by atoms with Crippen molar-refractivity contribution in [3.63, 3.8) is 0 Å². The molecule has 0 aromatic heterocycles. The first-order chi connectivity index (χ1) is 18.4. The lowest BCUT2D eigenvalue weighted by Gasteiger charge is -2.25. The summed E-state index contributed by atoms with van der Waals surface area (Å²) in [5, 5.41) is 11.3. The summed E-state index contributed by atoms with van der Waals surface area (Å²) in [4.78, 5) is 27.7. The van der Waals surface area contributed by atoms with Crippen molar-refractivity contribution >= 4 is 17.4 Å². The quantitative estimate of drug-likeness (QED) is 0.210. The van der Waals surface area contributed by atoms with Crippen molar-refractivity contribution in [1.29, 1.82) is 0 Å². The first-order valence-electron chi connectivity index (χ1n) is 12.7. The predicted octanol–water partition coefficient (Wildman–Crippen LogP) is 5.37. The van der Waals surface area contributed by atoms with Crippen LogP contribution in [0.1, 0.15) is 36.6 Å². The fraction of sp³-hybridized carbons (Fsp3) is 0.290. The average Bonchev–Trinajstić information content (AvgIpc) is 3.19. The van der Waals surface area contributed by atoms with Crippen molar-refractivity contribution in [3.05, 3.63) is 101 Å². The van der Waals surface area contributed by atoms with Crippen molar-refractivity contribution in [2.75, 3.05) is 26.9 Å². The molecule has 1 heterocycles. The zero-order valence-electron chi connectivity index (χ0n) is 21.9. The van der Waals surface area contributed by atoms with Gasteiger partial charge in [0.2, 0.25) is 0 Å². The molecular formula is C31H33NO6. The van der Waals surface area contributed by atoms with Crippen molar-refractivity contribution in [3.8, 4) is 11.5 Å². The fourth-order valence-corrected chi connectivity index (χ4v) is 4.29. The molecule has 1 unspecified atom stereocenters. The van der Waals surface area contributed by atoms with Gasteiger partial charge in [-0.25, -0.2) is 0 Å². The van der Waals surface area contributed by atoms with Gasteiger partial charge >= 0.3 is 0 Å². The molecule has 7 heteroatoms. The Morgan fingerprint density at radius 1 is 0.921 bits per heavy atom. The van der Waals surface area contributed by atoms with Crippen molar-refractivity contribution in [2.45, 2.75) is 26.5 Å². The number of rotatable bonds is 11. The van der Waals surface area contributed by atoms with Gasteiger partial charge in [-0.15, -0.1) is 0 Å². The van der Waals surface area contributed by atoms with Crippen molar-refractivity contribution in [2.24, 2.45) is 5.92 Å². The van der Waals surface area contributed by atoms with Crippen LogP contribution in [0.5, 0.6) is 11.5 Å². The molecule has 1 N–H and O–H groups in total. The van der Waals surface area contributed by atoms with Gasteiger partial charge in [0.15, 0.2) is 0 Å². The second kappa shape index (κ2) is 12.4. The molecule has 1 saturated heterocycles. The zero-order chi connectivity index (χ0) is 27.1. The number of hydrogen-bond acceptors (Lipinski definition) is 6. The summed E-state index contributed by atoms with van der Waals surface area (Å²) in [6.07, 6.45) is 0. The number of Topliss-reactive ketones (excluding diaryl/α,β-unsaturated/α-hetero) is 1. The smallest absolute Gasteiger partial charge is 0.295 e. The molecule has 4 rings (SSSR count). The van der Waals surface area contributed by atoms with Crippen molar-refractivity contribution < 1.29 is 28.9 Å². The lowest BCUT2D eigenvalue weighted by molar-refractivity contribution is -0.140. The van der Waals surface area contributed by atoms with Crippen molar-refractivity contribution in [1.82, 2.24) is 4.90 Å². The Hall–Kier alpha value is -4.10. The number of likely N-dealkylation sites (tertiary alicyclic amines) is 1. The topological polar surface area (TPSA) is 85.3 Å². The largest absolute Gasteiger partial charge is 0.507 e. The molecule has 0 saturated carbocycles. The first-order valence-corrected chi connectivity index (χ1v) is 12.7. The highest BCUT2D eigenvalue weighted by molar-refractivity contribution is 6.46. The molecule has 1 aliphatic rings. The Balaban J connectivity index is 1.68. The van der Waals surface area contributed by atoms with Gasteiger partial charge in [-0.05, 0) is 53.4 Å². The van der Waals surface area contributed by atoms with Crippen LogP contribution in [0.3, 0.4) is 0 Å². The second-order valence-electron chi connectivity index (χ2n) is 9.56. The Morgan fingerprint density at radius 2 is 1.66 bits per heavy atom. The highest BCUT2D eigenvalue weighted by Gasteiger charge is 2.46. The number of hydrogen-bond donors (Lipinski definition) is 1. The van der Waals surface area contributed by atoms with E-state index in [-0.39, 0.29) is 24.5 Å². The van der Waals surface area contributed by atoms with E-state index in [4.69, 9.17) is 14.2 Å². The first kappa shape index (κ1) is 26.9.